The van der Waals surface area contributed by atoms with Crippen LogP contribution in [0.2, 0.25) is 5.02 Å². The van der Waals surface area contributed by atoms with E-state index >= 15 is 0 Å². The van der Waals surface area contributed by atoms with E-state index in [4.69, 9.17) is 16.3 Å². The van der Waals surface area contributed by atoms with Crippen LogP contribution in [0.1, 0.15) is 16.8 Å². The van der Waals surface area contributed by atoms with Gasteiger partial charge in [0, 0.05) is 30.0 Å². The number of hydrogen-bond donors (Lipinski definition) is 2. The van der Waals surface area contributed by atoms with Crippen LogP contribution in [0.15, 0.2) is 42.9 Å². The van der Waals surface area contributed by atoms with Crippen molar-refractivity contribution in [3.63, 3.8) is 0 Å². The molecular weight excluding hydrogens is 549 g/mol. The fourth-order valence-electron chi connectivity index (χ4n) is 3.98. The summed E-state index contributed by atoms with van der Waals surface area (Å²) in [7, 11) is -1.63. The molecule has 4 rings (SSSR count). The first-order valence-electron chi connectivity index (χ1n) is 11.3. The molecular formula is C23H24ClF3N6O4S. The van der Waals surface area contributed by atoms with E-state index in [1.54, 1.807) is 0 Å². The Morgan fingerprint density at radius 1 is 1.18 bits per heavy atom. The molecule has 0 aliphatic carbocycles. The second-order valence-corrected chi connectivity index (χ2v) is 11.1. The van der Waals surface area contributed by atoms with Crippen LogP contribution in [0.25, 0.3) is 11.5 Å². The zero-order chi connectivity index (χ0) is 27.7. The fraction of sp³-hybridized carbons (Fsp3) is 0.348. The zero-order valence-corrected chi connectivity index (χ0v) is 21.9. The summed E-state index contributed by atoms with van der Waals surface area (Å²) in [6.45, 7) is 0.266. The molecule has 2 N–H and O–H groups in total. The number of carbonyl (C=O) groups is 1. The van der Waals surface area contributed by atoms with Gasteiger partial charge in [-0.3, -0.25) is 9.52 Å². The number of hydrogen-bond acceptors (Lipinski definition) is 7. The van der Waals surface area contributed by atoms with Crippen molar-refractivity contribution in [3.05, 3.63) is 53.4 Å². The monoisotopic (exact) mass is 572 g/mol. The number of alkyl halides is 3. The molecule has 15 heteroatoms. The molecule has 1 fully saturated rings. The number of nitrogens with one attached hydrogen (secondary N) is 2. The predicted octanol–water partition coefficient (Wildman–Crippen LogP) is 3.87. The molecule has 1 amide bonds. The molecule has 10 nitrogen and oxygen atoms in total. The molecule has 1 aliphatic heterocycles. The van der Waals surface area contributed by atoms with Gasteiger partial charge < -0.3 is 19.5 Å². The normalized spacial score (nSPS) is 16.4. The van der Waals surface area contributed by atoms with Crippen molar-refractivity contribution < 1.29 is 31.1 Å². The summed E-state index contributed by atoms with van der Waals surface area (Å²) in [5.74, 6) is -0.378. The van der Waals surface area contributed by atoms with Crippen molar-refractivity contribution >= 4 is 38.9 Å². The fourth-order valence-corrected chi connectivity index (χ4v) is 4.76. The number of likely N-dealkylation sites (N-methyl/N-ethyl adjacent to an activating group) is 1. The third-order valence-corrected chi connectivity index (χ3v) is 6.30. The summed E-state index contributed by atoms with van der Waals surface area (Å²) in [6.07, 6.45) is 0.993. The van der Waals surface area contributed by atoms with Gasteiger partial charge in [0.05, 0.1) is 35.6 Å². The Balaban J connectivity index is 1.57. The van der Waals surface area contributed by atoms with Crippen molar-refractivity contribution in [2.24, 2.45) is 0 Å². The first-order valence-corrected chi connectivity index (χ1v) is 13.6. The SMILES string of the molecule is CN1CC[C@@H](Oc2cnc(-c3cc(C(=O)Nc4cc(Cl)cc(NS(C)(=O)=O)c4)cn3CC(F)(F)F)nc2)C1. The maximum atomic E-state index is 13.3. The molecule has 204 valence electrons. The van der Waals surface area contributed by atoms with E-state index in [2.05, 4.69) is 24.9 Å². The van der Waals surface area contributed by atoms with Gasteiger partial charge in [-0.25, -0.2) is 18.4 Å². The van der Waals surface area contributed by atoms with E-state index in [0.717, 1.165) is 36.5 Å². The number of carbonyl (C=O) groups excluding carboxylic acids is 1. The highest BCUT2D eigenvalue weighted by Gasteiger charge is 2.30. The number of rotatable bonds is 8. The Kier molecular flexibility index (Phi) is 7.85. The average molecular weight is 573 g/mol. The first kappa shape index (κ1) is 27.7. The van der Waals surface area contributed by atoms with Gasteiger partial charge in [-0.15, -0.1) is 0 Å². The topological polar surface area (TPSA) is 118 Å². The highest BCUT2D eigenvalue weighted by molar-refractivity contribution is 7.92. The van der Waals surface area contributed by atoms with Crippen LogP contribution in [0.4, 0.5) is 24.5 Å². The molecule has 2 aromatic heterocycles. The lowest BCUT2D eigenvalue weighted by Crippen LogP contribution is -2.21. The smallest absolute Gasteiger partial charge is 0.406 e. The molecule has 3 heterocycles. The second-order valence-electron chi connectivity index (χ2n) is 8.95. The molecule has 1 aliphatic rings. The number of likely N-dealkylation sites (tertiary alicyclic amines) is 1. The zero-order valence-electron chi connectivity index (χ0n) is 20.3. The maximum absolute atomic E-state index is 13.3. The van der Waals surface area contributed by atoms with Crippen molar-refractivity contribution in [3.8, 4) is 17.3 Å². The van der Waals surface area contributed by atoms with E-state index in [9.17, 15) is 26.4 Å². The summed E-state index contributed by atoms with van der Waals surface area (Å²) < 4.78 is 71.8. The summed E-state index contributed by atoms with van der Waals surface area (Å²) >= 11 is 6.02. The second kappa shape index (κ2) is 10.8. The summed E-state index contributed by atoms with van der Waals surface area (Å²) in [4.78, 5) is 23.3. The largest absolute Gasteiger partial charge is 0.486 e. The lowest BCUT2D eigenvalue weighted by Gasteiger charge is -2.14. The third-order valence-electron chi connectivity index (χ3n) is 5.48. The van der Waals surface area contributed by atoms with Crippen LogP contribution in [-0.2, 0) is 16.6 Å². The number of nitrogens with zero attached hydrogens (tertiary/aromatic N) is 4. The molecule has 1 saturated heterocycles. The van der Waals surface area contributed by atoms with Crippen molar-refractivity contribution in [1.29, 1.82) is 0 Å². The Labute approximate surface area is 221 Å². The Bertz CT molecular complexity index is 1430. The van der Waals surface area contributed by atoms with E-state index in [0.29, 0.717) is 5.75 Å². The number of ether oxygens (including phenoxy) is 1. The number of sulfonamides is 1. The van der Waals surface area contributed by atoms with Gasteiger partial charge in [0.25, 0.3) is 5.91 Å². The van der Waals surface area contributed by atoms with Crippen molar-refractivity contribution in [2.75, 3.05) is 36.4 Å². The third kappa shape index (κ3) is 7.58. The molecule has 0 radical (unpaired) electrons. The Morgan fingerprint density at radius 2 is 1.87 bits per heavy atom. The van der Waals surface area contributed by atoms with Gasteiger partial charge in [-0.2, -0.15) is 13.2 Å². The number of anilines is 2. The molecule has 0 spiro atoms. The van der Waals surface area contributed by atoms with E-state index in [1.807, 2.05) is 7.05 Å². The molecule has 3 aromatic rings. The average Bonchev–Trinajstić information content (AvgIpc) is 3.37. The number of amides is 1. The van der Waals surface area contributed by atoms with Crippen molar-refractivity contribution in [2.45, 2.75) is 25.2 Å². The molecule has 0 unspecified atom stereocenters. The van der Waals surface area contributed by atoms with E-state index < -0.39 is 28.7 Å². The summed E-state index contributed by atoms with van der Waals surface area (Å²) in [6, 6.07) is 5.27. The quantitative estimate of drug-likeness (QED) is 0.421. The van der Waals surface area contributed by atoms with E-state index in [1.165, 1.54) is 36.7 Å². The van der Waals surface area contributed by atoms with Gasteiger partial charge in [0.1, 0.15) is 12.6 Å². The van der Waals surface area contributed by atoms with Gasteiger partial charge in [-0.05, 0) is 37.7 Å². The van der Waals surface area contributed by atoms with Crippen LogP contribution in [0, 0.1) is 0 Å². The lowest BCUT2D eigenvalue weighted by atomic mass is 10.2. The predicted molar refractivity (Wildman–Crippen MR) is 136 cm³/mol. The minimum Gasteiger partial charge on any atom is -0.486 e. The van der Waals surface area contributed by atoms with Gasteiger partial charge in [0.2, 0.25) is 10.0 Å². The number of benzene rings is 1. The Morgan fingerprint density at radius 3 is 2.47 bits per heavy atom. The Hall–Kier alpha value is -3.36. The molecule has 0 bridgehead atoms. The van der Waals surface area contributed by atoms with Crippen LogP contribution in [0.3, 0.4) is 0 Å². The molecule has 1 aromatic carbocycles. The highest BCUT2D eigenvalue weighted by Crippen LogP contribution is 2.28. The number of halogens is 4. The minimum atomic E-state index is -4.57. The van der Waals surface area contributed by atoms with Gasteiger partial charge in [0.15, 0.2) is 11.6 Å². The standard InChI is InChI=1S/C23H24ClF3N6O4S/c1-32-4-3-18(12-32)37-19-9-28-21(29-10-19)20-5-14(11-33(20)13-23(25,26)27)22(34)30-16-6-15(24)7-17(8-16)31-38(2,35)36/h5-11,18,31H,3-4,12-13H2,1-2H3,(H,30,34)/t18-/m1/s1. The first-order chi connectivity index (χ1) is 17.7. The van der Waals surface area contributed by atoms with Gasteiger partial charge in [-0.1, -0.05) is 11.6 Å². The molecule has 38 heavy (non-hydrogen) atoms. The lowest BCUT2D eigenvalue weighted by molar-refractivity contribution is -0.140. The summed E-state index contributed by atoms with van der Waals surface area (Å²) in [5, 5.41) is 2.64. The van der Waals surface area contributed by atoms with Crippen LogP contribution in [-0.4, -0.2) is 72.4 Å². The summed E-state index contributed by atoms with van der Waals surface area (Å²) in [5.41, 5.74) is 0.115. The minimum absolute atomic E-state index is 0.0217. The van der Waals surface area contributed by atoms with E-state index in [-0.39, 0.29) is 39.6 Å². The van der Waals surface area contributed by atoms with Gasteiger partial charge >= 0.3 is 6.18 Å². The molecule has 1 atom stereocenters. The van der Waals surface area contributed by atoms with Crippen LogP contribution < -0.4 is 14.8 Å². The van der Waals surface area contributed by atoms with Crippen LogP contribution >= 0.6 is 11.6 Å². The molecule has 0 saturated carbocycles. The number of aromatic nitrogens is 3. The highest BCUT2D eigenvalue weighted by atomic mass is 35.5. The van der Waals surface area contributed by atoms with Crippen LogP contribution in [0.5, 0.6) is 5.75 Å². The van der Waals surface area contributed by atoms with Crippen molar-refractivity contribution in [1.82, 2.24) is 19.4 Å². The maximum Gasteiger partial charge on any atom is 0.406 e.